The van der Waals surface area contributed by atoms with E-state index in [1.807, 2.05) is 18.2 Å². The van der Waals surface area contributed by atoms with Crippen molar-refractivity contribution >= 4 is 15.9 Å². The summed E-state index contributed by atoms with van der Waals surface area (Å²) in [7, 11) is -3.68. The zero-order valence-corrected chi connectivity index (χ0v) is 18.8. The Hall–Kier alpha value is -2.40. The van der Waals surface area contributed by atoms with Crippen LogP contribution in [0.5, 0.6) is 0 Å². The number of carbonyl (C=O) groups is 1. The topological polar surface area (TPSA) is 77.1 Å². The van der Waals surface area contributed by atoms with Gasteiger partial charge in [-0.3, -0.25) is 19.6 Å². The lowest BCUT2D eigenvalue weighted by molar-refractivity contribution is -0.134. The molecule has 2 fully saturated rings. The van der Waals surface area contributed by atoms with E-state index in [9.17, 15) is 17.6 Å². The van der Waals surface area contributed by atoms with Crippen molar-refractivity contribution in [3.63, 3.8) is 0 Å². The van der Waals surface area contributed by atoms with Crippen molar-refractivity contribution in [3.8, 4) is 0 Å². The van der Waals surface area contributed by atoms with Gasteiger partial charge in [0.25, 0.3) is 0 Å². The maximum Gasteiger partial charge on any atom is 0.243 e. The summed E-state index contributed by atoms with van der Waals surface area (Å²) in [6.45, 7) is 5.76. The fourth-order valence-electron chi connectivity index (χ4n) is 4.05. The van der Waals surface area contributed by atoms with E-state index in [0.29, 0.717) is 19.6 Å². The molecule has 32 heavy (non-hydrogen) atoms. The van der Waals surface area contributed by atoms with Gasteiger partial charge in [-0.1, -0.05) is 6.07 Å². The summed E-state index contributed by atoms with van der Waals surface area (Å²) in [4.78, 5) is 23.4. The molecule has 0 spiro atoms. The van der Waals surface area contributed by atoms with Gasteiger partial charge in [-0.05, 0) is 36.4 Å². The predicted molar refractivity (Wildman–Crippen MR) is 118 cm³/mol. The highest BCUT2D eigenvalue weighted by molar-refractivity contribution is 7.89. The number of pyridine rings is 1. The van der Waals surface area contributed by atoms with Crippen LogP contribution in [0.1, 0.15) is 5.69 Å². The third-order valence-corrected chi connectivity index (χ3v) is 7.89. The third kappa shape index (κ3) is 5.50. The molecule has 1 aromatic carbocycles. The second-order valence-corrected chi connectivity index (χ2v) is 10.1. The Balaban J connectivity index is 1.22. The zero-order valence-electron chi connectivity index (χ0n) is 17.9. The second kappa shape index (κ2) is 10.0. The van der Waals surface area contributed by atoms with Crippen molar-refractivity contribution in [1.82, 2.24) is 24.0 Å². The second-order valence-electron chi connectivity index (χ2n) is 8.11. The first kappa shape index (κ1) is 22.8. The number of hydrogen-bond donors (Lipinski definition) is 0. The van der Waals surface area contributed by atoms with Gasteiger partial charge >= 0.3 is 0 Å². The lowest BCUT2D eigenvalue weighted by Crippen LogP contribution is -2.54. The van der Waals surface area contributed by atoms with Gasteiger partial charge < -0.3 is 4.90 Å². The van der Waals surface area contributed by atoms with E-state index in [1.54, 1.807) is 11.1 Å². The van der Waals surface area contributed by atoms with Gasteiger partial charge in [-0.2, -0.15) is 4.31 Å². The van der Waals surface area contributed by atoms with Gasteiger partial charge in [0, 0.05) is 65.1 Å². The summed E-state index contributed by atoms with van der Waals surface area (Å²) in [5, 5.41) is 0. The molecule has 2 aliphatic rings. The predicted octanol–water partition coefficient (Wildman–Crippen LogP) is 0.871. The van der Waals surface area contributed by atoms with Crippen LogP contribution in [0.25, 0.3) is 0 Å². The SMILES string of the molecule is O=C(CN1CCN(Cc2ccccn2)CC1)N1CCN(S(=O)(=O)c2ccc(F)cc2)CC1. The minimum absolute atomic E-state index is 0.0296. The Morgan fingerprint density at radius 3 is 2.16 bits per heavy atom. The largest absolute Gasteiger partial charge is 0.339 e. The minimum atomic E-state index is -3.68. The van der Waals surface area contributed by atoms with Gasteiger partial charge in [0.15, 0.2) is 0 Å². The summed E-state index contributed by atoms with van der Waals surface area (Å²) >= 11 is 0. The van der Waals surface area contributed by atoms with Crippen molar-refractivity contribution in [1.29, 1.82) is 0 Å². The standard InChI is InChI=1S/C22H28FN5O3S/c23-19-4-6-21(7-5-19)32(30,31)28-15-13-27(14-16-28)22(29)18-26-11-9-25(10-12-26)17-20-3-1-2-8-24-20/h1-8H,9-18H2. The lowest BCUT2D eigenvalue weighted by Gasteiger charge is -2.37. The van der Waals surface area contributed by atoms with Gasteiger partial charge in [0.2, 0.25) is 15.9 Å². The van der Waals surface area contributed by atoms with Crippen LogP contribution in [-0.4, -0.2) is 97.2 Å². The Morgan fingerprint density at radius 1 is 0.875 bits per heavy atom. The summed E-state index contributed by atoms with van der Waals surface area (Å²) in [5.41, 5.74) is 1.05. The number of aromatic nitrogens is 1. The molecule has 0 bridgehead atoms. The molecule has 0 N–H and O–H groups in total. The van der Waals surface area contributed by atoms with Gasteiger partial charge in [0.05, 0.1) is 17.1 Å². The molecule has 0 atom stereocenters. The van der Waals surface area contributed by atoms with Crippen molar-refractivity contribution < 1.29 is 17.6 Å². The molecule has 0 unspecified atom stereocenters. The van der Waals surface area contributed by atoms with Gasteiger partial charge in [0.1, 0.15) is 5.82 Å². The van der Waals surface area contributed by atoms with Crippen molar-refractivity contribution in [2.75, 3.05) is 58.9 Å². The van der Waals surface area contributed by atoms with Gasteiger partial charge in [-0.15, -0.1) is 0 Å². The Morgan fingerprint density at radius 2 is 1.53 bits per heavy atom. The fourth-order valence-corrected chi connectivity index (χ4v) is 5.47. The quantitative estimate of drug-likeness (QED) is 0.636. The number of piperazine rings is 2. The average Bonchev–Trinajstić information content (AvgIpc) is 2.81. The smallest absolute Gasteiger partial charge is 0.243 e. The first-order valence-corrected chi connectivity index (χ1v) is 12.2. The highest BCUT2D eigenvalue weighted by atomic mass is 32.2. The van der Waals surface area contributed by atoms with E-state index in [4.69, 9.17) is 0 Å². The average molecular weight is 462 g/mol. The van der Waals surface area contributed by atoms with Crippen molar-refractivity contribution in [2.45, 2.75) is 11.4 Å². The highest BCUT2D eigenvalue weighted by Gasteiger charge is 2.31. The number of halogens is 1. The maximum atomic E-state index is 13.1. The maximum absolute atomic E-state index is 13.1. The first-order chi connectivity index (χ1) is 15.4. The number of carbonyl (C=O) groups excluding carboxylic acids is 1. The molecular formula is C22H28FN5O3S. The molecule has 8 nitrogen and oxygen atoms in total. The van der Waals surface area contributed by atoms with Crippen LogP contribution in [0, 0.1) is 5.82 Å². The molecule has 1 amide bonds. The lowest BCUT2D eigenvalue weighted by atomic mass is 10.2. The van der Waals surface area contributed by atoms with Crippen LogP contribution >= 0.6 is 0 Å². The molecule has 4 rings (SSSR count). The third-order valence-electron chi connectivity index (χ3n) is 5.98. The Kier molecular flexibility index (Phi) is 7.14. The van der Waals surface area contributed by atoms with Crippen LogP contribution in [0.4, 0.5) is 4.39 Å². The molecule has 2 aromatic rings. The van der Waals surface area contributed by atoms with Crippen LogP contribution in [-0.2, 0) is 21.4 Å². The monoisotopic (exact) mass is 461 g/mol. The molecule has 10 heteroatoms. The van der Waals surface area contributed by atoms with Crippen molar-refractivity contribution in [2.24, 2.45) is 0 Å². The van der Waals surface area contributed by atoms with Crippen LogP contribution < -0.4 is 0 Å². The van der Waals surface area contributed by atoms with Gasteiger partial charge in [-0.25, -0.2) is 12.8 Å². The zero-order chi connectivity index (χ0) is 22.6. The normalized spacial score (nSPS) is 19.2. The molecule has 1 aromatic heterocycles. The van der Waals surface area contributed by atoms with Crippen LogP contribution in [0.15, 0.2) is 53.6 Å². The number of rotatable bonds is 6. The van der Waals surface area contributed by atoms with Crippen LogP contribution in [0.2, 0.25) is 0 Å². The Labute approximate surface area is 188 Å². The fraction of sp³-hybridized carbons (Fsp3) is 0.455. The summed E-state index contributed by atoms with van der Waals surface area (Å²) in [6.07, 6.45) is 1.80. The number of amides is 1. The van der Waals surface area contributed by atoms with Crippen LogP contribution in [0.3, 0.4) is 0 Å². The number of sulfonamides is 1. The summed E-state index contributed by atoms with van der Waals surface area (Å²) in [6, 6.07) is 10.7. The molecule has 3 heterocycles. The Bertz CT molecular complexity index is 1000. The molecular weight excluding hydrogens is 433 g/mol. The number of benzene rings is 1. The highest BCUT2D eigenvalue weighted by Crippen LogP contribution is 2.18. The minimum Gasteiger partial charge on any atom is -0.339 e. The molecule has 172 valence electrons. The molecule has 0 radical (unpaired) electrons. The molecule has 0 aliphatic carbocycles. The molecule has 0 saturated carbocycles. The number of nitrogens with zero attached hydrogens (tertiary/aromatic N) is 5. The van der Waals surface area contributed by atoms with E-state index >= 15 is 0 Å². The van der Waals surface area contributed by atoms with E-state index in [2.05, 4.69) is 14.8 Å². The summed E-state index contributed by atoms with van der Waals surface area (Å²) < 4.78 is 39.9. The molecule has 2 aliphatic heterocycles. The first-order valence-electron chi connectivity index (χ1n) is 10.8. The number of hydrogen-bond acceptors (Lipinski definition) is 6. The molecule has 2 saturated heterocycles. The van der Waals surface area contributed by atoms with E-state index in [0.717, 1.165) is 50.6 Å². The van der Waals surface area contributed by atoms with E-state index < -0.39 is 15.8 Å². The van der Waals surface area contributed by atoms with E-state index in [-0.39, 0.29) is 23.9 Å². The van der Waals surface area contributed by atoms with Crippen molar-refractivity contribution in [3.05, 3.63) is 60.2 Å². The summed E-state index contributed by atoms with van der Waals surface area (Å²) in [5.74, 6) is -0.445. The van der Waals surface area contributed by atoms with E-state index in [1.165, 1.54) is 16.4 Å².